The Morgan fingerprint density at radius 1 is 1.38 bits per heavy atom. The third-order valence-electron chi connectivity index (χ3n) is 6.61. The van der Waals surface area contributed by atoms with Crippen LogP contribution < -0.4 is 15.4 Å². The summed E-state index contributed by atoms with van der Waals surface area (Å²) < 4.78 is 14.5. The van der Waals surface area contributed by atoms with E-state index in [9.17, 15) is 23.9 Å². The first-order valence-corrected chi connectivity index (χ1v) is 10.5. The van der Waals surface area contributed by atoms with Crippen LogP contribution >= 0.6 is 11.6 Å². The van der Waals surface area contributed by atoms with Crippen LogP contribution in [0.4, 0.5) is 10.1 Å². The van der Waals surface area contributed by atoms with Gasteiger partial charge in [0.2, 0.25) is 23.3 Å². The predicted molar refractivity (Wildman–Crippen MR) is 114 cm³/mol. The first-order chi connectivity index (χ1) is 15.2. The standard InChI is InChI=1S/C21H19ClFN5O4/c1-4-26-19-9(2)28(19)15-13(17(29)16(28)21(26)32)20(31)27(25-14(15)18(30)24-3)8-10-5-6-12(23)11(22)7-10/h5-7,9,19H,4,8H2,1-3H3,(H-,24,29,30,32)/p+1/t9-,19?,28-/m0/s1. The highest BCUT2D eigenvalue weighted by molar-refractivity contribution is 6.30. The molecule has 2 saturated heterocycles. The highest BCUT2D eigenvalue weighted by Crippen LogP contribution is 2.62. The quantitative estimate of drug-likeness (QED) is 0.532. The van der Waals surface area contributed by atoms with Gasteiger partial charge in [-0.2, -0.15) is 5.10 Å². The summed E-state index contributed by atoms with van der Waals surface area (Å²) >= 11 is 5.85. The van der Waals surface area contributed by atoms with Crippen LogP contribution in [0.25, 0.3) is 5.76 Å². The molecule has 3 atom stereocenters. The number of piperazine rings is 1. The molecule has 1 spiro atoms. The molecule has 3 aliphatic rings. The van der Waals surface area contributed by atoms with Gasteiger partial charge in [0.15, 0.2) is 17.3 Å². The summed E-state index contributed by atoms with van der Waals surface area (Å²) in [6.07, 6.45) is -0.303. The summed E-state index contributed by atoms with van der Waals surface area (Å²) in [4.78, 5) is 40.8. The summed E-state index contributed by atoms with van der Waals surface area (Å²) in [6.45, 7) is 4.07. The highest BCUT2D eigenvalue weighted by Gasteiger charge is 2.82. The van der Waals surface area contributed by atoms with Gasteiger partial charge < -0.3 is 10.4 Å². The van der Waals surface area contributed by atoms with Crippen molar-refractivity contribution in [1.29, 1.82) is 0 Å². The predicted octanol–water partition coefficient (Wildman–Crippen LogP) is 1.58. The first kappa shape index (κ1) is 20.7. The molecule has 3 aliphatic heterocycles. The molecule has 5 rings (SSSR count). The van der Waals surface area contributed by atoms with Crippen LogP contribution in [0.1, 0.15) is 35.5 Å². The van der Waals surface area contributed by atoms with E-state index >= 15 is 0 Å². The number of aliphatic hydroxyl groups is 1. The summed E-state index contributed by atoms with van der Waals surface area (Å²) in [7, 11) is 1.44. The Labute approximate surface area is 186 Å². The number of fused-ring (bicyclic) bond motifs is 1. The molecular weight excluding hydrogens is 441 g/mol. The number of nitrogens with one attached hydrogen (secondary N) is 1. The van der Waals surface area contributed by atoms with Gasteiger partial charge in [0.05, 0.1) is 11.6 Å². The molecule has 0 aliphatic carbocycles. The van der Waals surface area contributed by atoms with E-state index in [0.717, 1.165) is 4.68 Å². The Hall–Kier alpha value is -3.24. The SMILES string of the molecule is CCN1C(=O)C2=C(O)c3c(c(C(=O)NC)nn(Cc4ccc(F)c(Cl)c4)c3=O)[N@+]23C1[C@@H]3C. The minimum atomic E-state index is -0.645. The minimum absolute atomic E-state index is 0.0445. The maximum Gasteiger partial charge on any atom is 0.317 e. The zero-order chi connectivity index (χ0) is 23.1. The Kier molecular flexibility index (Phi) is 4.28. The van der Waals surface area contributed by atoms with Crippen molar-refractivity contribution in [3.63, 3.8) is 0 Å². The van der Waals surface area contributed by atoms with Gasteiger partial charge in [0.25, 0.3) is 11.5 Å². The minimum Gasteiger partial charge on any atom is -0.502 e. The van der Waals surface area contributed by atoms with E-state index < -0.39 is 23.0 Å². The van der Waals surface area contributed by atoms with Crippen LogP contribution in [0.15, 0.2) is 28.7 Å². The smallest absolute Gasteiger partial charge is 0.317 e. The van der Waals surface area contributed by atoms with Crippen molar-refractivity contribution in [3.05, 3.63) is 61.9 Å². The summed E-state index contributed by atoms with van der Waals surface area (Å²) in [6, 6.07) is 3.85. The molecule has 0 bridgehead atoms. The van der Waals surface area contributed by atoms with Crippen LogP contribution in [0, 0.1) is 5.82 Å². The second-order valence-corrected chi connectivity index (χ2v) is 8.49. The average Bonchev–Trinajstić information content (AvgIpc) is 3.10. The van der Waals surface area contributed by atoms with Crippen molar-refractivity contribution in [2.45, 2.75) is 32.6 Å². The molecule has 2 aromatic rings. The van der Waals surface area contributed by atoms with Gasteiger partial charge in [-0.25, -0.2) is 13.6 Å². The number of hydrogen-bond donors (Lipinski definition) is 2. The Balaban J connectivity index is 1.74. The monoisotopic (exact) mass is 460 g/mol. The third kappa shape index (κ3) is 2.31. The molecule has 1 aromatic heterocycles. The normalized spacial score (nSPS) is 25.0. The fourth-order valence-electron chi connectivity index (χ4n) is 5.20. The number of rotatable bonds is 4. The lowest BCUT2D eigenvalue weighted by Crippen LogP contribution is -2.35. The fourth-order valence-corrected chi connectivity index (χ4v) is 5.41. The Morgan fingerprint density at radius 3 is 2.72 bits per heavy atom. The van der Waals surface area contributed by atoms with E-state index in [-0.39, 0.29) is 56.8 Å². The molecule has 0 radical (unpaired) electrons. The molecule has 2 N–H and O–H groups in total. The zero-order valence-corrected chi connectivity index (χ0v) is 18.3. The lowest BCUT2D eigenvalue weighted by atomic mass is 10.1. The molecule has 1 aromatic carbocycles. The van der Waals surface area contributed by atoms with Gasteiger partial charge in [-0.1, -0.05) is 17.7 Å². The van der Waals surface area contributed by atoms with E-state index in [1.807, 2.05) is 13.8 Å². The van der Waals surface area contributed by atoms with Crippen LogP contribution in [0.5, 0.6) is 0 Å². The number of aliphatic hydroxyl groups excluding tert-OH is 1. The van der Waals surface area contributed by atoms with Crippen molar-refractivity contribution in [1.82, 2.24) is 24.5 Å². The molecule has 11 heteroatoms. The molecule has 9 nitrogen and oxygen atoms in total. The number of hydrogen-bond acceptors (Lipinski definition) is 5. The number of carbonyl (C=O) groups excluding carboxylic acids is 2. The molecule has 166 valence electrons. The lowest BCUT2D eigenvalue weighted by Gasteiger charge is -2.16. The van der Waals surface area contributed by atoms with Crippen LogP contribution in [0.2, 0.25) is 5.02 Å². The van der Waals surface area contributed by atoms with Gasteiger partial charge in [-0.3, -0.25) is 19.3 Å². The third-order valence-corrected chi connectivity index (χ3v) is 6.90. The van der Waals surface area contributed by atoms with E-state index in [0.29, 0.717) is 12.1 Å². The maximum atomic E-state index is 13.5. The van der Waals surface area contributed by atoms with Crippen molar-refractivity contribution in [2.24, 2.45) is 0 Å². The molecule has 1 unspecified atom stereocenters. The molecule has 4 heterocycles. The number of halogens is 2. The van der Waals surface area contributed by atoms with E-state index in [4.69, 9.17) is 11.6 Å². The van der Waals surface area contributed by atoms with Gasteiger partial charge in [0.1, 0.15) is 5.82 Å². The van der Waals surface area contributed by atoms with Crippen LogP contribution in [-0.2, 0) is 11.3 Å². The van der Waals surface area contributed by atoms with E-state index in [2.05, 4.69) is 10.4 Å². The Bertz CT molecular complexity index is 1320. The van der Waals surface area contributed by atoms with Crippen molar-refractivity contribution in [2.75, 3.05) is 13.6 Å². The summed E-state index contributed by atoms with van der Waals surface area (Å²) in [5.41, 5.74) is 0.0478. The highest BCUT2D eigenvalue weighted by atomic mass is 35.5. The fraction of sp³-hybridized carbons (Fsp3) is 0.333. The summed E-state index contributed by atoms with van der Waals surface area (Å²) in [5, 5.41) is 17.8. The number of quaternary nitrogens is 1. The number of aromatic nitrogens is 2. The van der Waals surface area contributed by atoms with Crippen molar-refractivity contribution >= 4 is 34.9 Å². The van der Waals surface area contributed by atoms with Gasteiger partial charge in [-0.05, 0) is 31.5 Å². The molecule has 32 heavy (non-hydrogen) atoms. The van der Waals surface area contributed by atoms with Crippen LogP contribution in [0.3, 0.4) is 0 Å². The first-order valence-electron chi connectivity index (χ1n) is 10.1. The summed E-state index contributed by atoms with van der Waals surface area (Å²) in [5.74, 6) is -1.92. The number of likely N-dealkylation sites (N-methyl/N-ethyl adjacent to an activating group) is 1. The number of carbonyl (C=O) groups is 2. The molecule has 0 saturated carbocycles. The lowest BCUT2D eigenvalue weighted by molar-refractivity contribution is -0.125. The van der Waals surface area contributed by atoms with Gasteiger partial charge >= 0.3 is 5.91 Å². The van der Waals surface area contributed by atoms with Crippen molar-refractivity contribution < 1.29 is 19.1 Å². The van der Waals surface area contributed by atoms with Gasteiger partial charge in [0, 0.05) is 13.6 Å². The molecule has 2 amide bonds. The zero-order valence-electron chi connectivity index (χ0n) is 17.5. The van der Waals surface area contributed by atoms with E-state index in [1.165, 1.54) is 25.2 Å². The average molecular weight is 461 g/mol. The van der Waals surface area contributed by atoms with Crippen LogP contribution in [-0.4, -0.2) is 57.4 Å². The second kappa shape index (κ2) is 6.63. The molecular formula is C21H20ClFN5O4+. The maximum absolute atomic E-state index is 13.5. The second-order valence-electron chi connectivity index (χ2n) is 8.08. The molecule has 2 fully saturated rings. The van der Waals surface area contributed by atoms with Crippen molar-refractivity contribution in [3.8, 4) is 0 Å². The number of benzene rings is 1. The Morgan fingerprint density at radius 2 is 2.09 bits per heavy atom. The van der Waals surface area contributed by atoms with Gasteiger partial charge in [-0.15, -0.1) is 0 Å². The topological polar surface area (TPSA) is 105 Å². The van der Waals surface area contributed by atoms with E-state index in [1.54, 1.807) is 4.90 Å². The number of amides is 2. The number of nitrogens with zero attached hydrogens (tertiary/aromatic N) is 4. The largest absolute Gasteiger partial charge is 0.502 e.